The second-order valence-corrected chi connectivity index (χ2v) is 13.8. The van der Waals surface area contributed by atoms with Crippen molar-refractivity contribution < 1.29 is 9.09 Å². The zero-order valence-electron chi connectivity index (χ0n) is 18.6. The summed E-state index contributed by atoms with van der Waals surface area (Å²) in [6, 6.07) is 0. The largest absolute Gasteiger partial charge is 0.269 e. The van der Waals surface area contributed by atoms with E-state index in [1.165, 1.54) is 6.92 Å². The fraction of sp³-hybridized carbons (Fsp3) is 0.667. The molecule has 0 aromatic carbocycles. The van der Waals surface area contributed by atoms with Crippen molar-refractivity contribution in [1.82, 2.24) is 0 Å². The number of rotatable bonds is 4. The Morgan fingerprint density at radius 2 is 0.971 bits per heavy atom. The van der Waals surface area contributed by atoms with Crippen molar-refractivity contribution in [3.05, 3.63) is 35.6 Å². The van der Waals surface area contributed by atoms with Gasteiger partial charge >= 0.3 is 0 Å². The van der Waals surface area contributed by atoms with Gasteiger partial charge in [-0.15, -0.1) is 81.2 Å². The van der Waals surface area contributed by atoms with Gasteiger partial charge in [0, 0.05) is 27.2 Å². The highest BCUT2D eigenvalue weighted by molar-refractivity contribution is 6.70. The van der Waals surface area contributed by atoms with Gasteiger partial charge in [0.25, 0.3) is 0 Å². The van der Waals surface area contributed by atoms with Crippen LogP contribution in [0.1, 0.15) is 27.7 Å². The smallest absolute Gasteiger partial charge is 0.207 e. The summed E-state index contributed by atoms with van der Waals surface area (Å²) in [4.78, 5) is -0.844. The van der Waals surface area contributed by atoms with Crippen LogP contribution in [-0.2, 0) is 0 Å². The molecule has 0 saturated carbocycles. The first-order chi connectivity index (χ1) is 14.5. The summed E-state index contributed by atoms with van der Waals surface area (Å²) in [6.07, 6.45) is 0. The molecule has 0 amide bonds. The molecule has 2 atom stereocenters. The SMILES string of the molecule is C=C(C)Cl.C=C(C)Cl.C=C(C)F.CC(Cl)CCl.ClCC(Cl)(Cl)C(Cl)Cl.ClCC(Cl)C(Cl)(Cl)Cl.F. The van der Waals surface area contributed by atoms with E-state index in [1.807, 2.05) is 6.92 Å². The van der Waals surface area contributed by atoms with Gasteiger partial charge in [-0.2, -0.15) is 0 Å². The highest BCUT2D eigenvalue weighted by Gasteiger charge is 2.30. The zero-order chi connectivity index (χ0) is 28.6. The van der Waals surface area contributed by atoms with Crippen LogP contribution in [0.2, 0.25) is 0 Å². The van der Waals surface area contributed by atoms with Crippen LogP contribution in [0.25, 0.3) is 0 Å². The molecule has 0 nitrogen and oxygen atoms in total. The van der Waals surface area contributed by atoms with Crippen LogP contribution in [0.15, 0.2) is 35.6 Å². The summed E-state index contributed by atoms with van der Waals surface area (Å²) in [6.45, 7) is 16.2. The van der Waals surface area contributed by atoms with Crippen molar-refractivity contribution in [3.8, 4) is 0 Å². The van der Waals surface area contributed by atoms with Gasteiger partial charge in [0.1, 0.15) is 4.84 Å². The van der Waals surface area contributed by atoms with Crippen LogP contribution in [0.5, 0.6) is 0 Å². The van der Waals surface area contributed by atoms with Crippen molar-refractivity contribution in [3.63, 3.8) is 0 Å². The van der Waals surface area contributed by atoms with E-state index in [0.717, 1.165) is 0 Å². The normalized spacial score (nSPS) is 11.3. The molecular weight excluding hydrogens is 751 g/mol. The van der Waals surface area contributed by atoms with Crippen LogP contribution >= 0.6 is 162 Å². The van der Waals surface area contributed by atoms with Crippen LogP contribution < -0.4 is 0 Å². The fourth-order valence-electron chi connectivity index (χ4n) is 0.146. The van der Waals surface area contributed by atoms with Crippen molar-refractivity contribution in [1.29, 1.82) is 0 Å². The maximum Gasteiger partial charge on any atom is 0.207 e. The molecule has 0 aliphatic heterocycles. The predicted molar refractivity (Wildman–Crippen MR) is 167 cm³/mol. The van der Waals surface area contributed by atoms with Crippen molar-refractivity contribution in [2.24, 2.45) is 0 Å². The Bertz CT molecular complexity index is 426. The molecule has 212 valence electrons. The minimum absolute atomic E-state index is 0. The molecule has 16 heteroatoms. The standard InChI is InChI=1S/2C3H3Cl5.C3H6Cl2.2C3H5Cl.C3H5F.FH/c4-1-3(7,8)2(5)6;4-1-2(5)3(6,7)8;1-3(5)2-4;3*1-3(2)4;/h2*2H,1H2;3H,2H2,1H3;3*1H2,2H3;1H. The number of allylic oxidation sites excluding steroid dienone is 3. The van der Waals surface area contributed by atoms with Crippen molar-refractivity contribution in [2.75, 3.05) is 17.6 Å². The average Bonchev–Trinajstić information content (AvgIpc) is 2.59. The van der Waals surface area contributed by atoms with E-state index < -0.39 is 18.3 Å². The molecule has 2 unspecified atom stereocenters. The van der Waals surface area contributed by atoms with E-state index in [4.69, 9.17) is 162 Å². The molecule has 0 aromatic rings. The van der Waals surface area contributed by atoms with Crippen LogP contribution in [0.3, 0.4) is 0 Å². The van der Waals surface area contributed by atoms with Crippen molar-refractivity contribution >= 4 is 162 Å². The molecule has 0 saturated heterocycles. The molecule has 0 radical (unpaired) electrons. The van der Waals surface area contributed by atoms with E-state index in [-0.39, 0.29) is 27.7 Å². The lowest BCUT2D eigenvalue weighted by Crippen LogP contribution is -2.23. The Kier molecular flexibility index (Phi) is 53.7. The lowest BCUT2D eigenvalue weighted by atomic mass is 10.5. The summed E-state index contributed by atoms with van der Waals surface area (Å²) in [5.74, 6) is 0.368. The number of hydrogen-bond acceptors (Lipinski definition) is 0. The van der Waals surface area contributed by atoms with Gasteiger partial charge in [0.05, 0.1) is 17.1 Å². The van der Waals surface area contributed by atoms with Crippen molar-refractivity contribution in [2.45, 2.75) is 51.4 Å². The molecule has 0 aromatic heterocycles. The van der Waals surface area contributed by atoms with E-state index in [9.17, 15) is 4.39 Å². The monoisotopic (exact) mass is 772 g/mol. The van der Waals surface area contributed by atoms with Gasteiger partial charge in [-0.05, 0) is 27.7 Å². The Hall–Kier alpha value is 3.14. The molecule has 0 N–H and O–H groups in total. The zero-order valence-corrected chi connectivity index (χ0v) is 29.1. The van der Waals surface area contributed by atoms with Gasteiger partial charge in [-0.3, -0.25) is 4.70 Å². The van der Waals surface area contributed by atoms with E-state index >= 15 is 0 Å². The third kappa shape index (κ3) is 83.6. The Labute approximate surface area is 273 Å². The van der Waals surface area contributed by atoms with Gasteiger partial charge in [-0.25, -0.2) is 4.39 Å². The van der Waals surface area contributed by atoms with Crippen LogP contribution in [-0.4, -0.2) is 41.4 Å². The summed E-state index contributed by atoms with van der Waals surface area (Å²) < 4.78 is 8.15. The second kappa shape index (κ2) is 34.2. The van der Waals surface area contributed by atoms with Gasteiger partial charge in [0.15, 0.2) is 4.33 Å². The molecule has 34 heavy (non-hydrogen) atoms. The van der Waals surface area contributed by atoms with E-state index in [2.05, 4.69) is 19.7 Å². The van der Waals surface area contributed by atoms with Crippen LogP contribution in [0, 0.1) is 0 Å². The third-order valence-electron chi connectivity index (χ3n) is 1.20. The Morgan fingerprint density at radius 1 is 0.765 bits per heavy atom. The highest BCUT2D eigenvalue weighted by atomic mass is 35.6. The summed E-state index contributed by atoms with van der Waals surface area (Å²) in [5, 5.41) is 0.783. The Balaban J connectivity index is -0.0000000527. The lowest BCUT2D eigenvalue weighted by Gasteiger charge is -2.15. The number of hydrogen-bond donors (Lipinski definition) is 0. The average molecular weight is 779 g/mol. The topological polar surface area (TPSA) is 0 Å². The van der Waals surface area contributed by atoms with Gasteiger partial charge in [-0.1, -0.05) is 101 Å². The minimum atomic E-state index is -1.44. The van der Waals surface area contributed by atoms with E-state index in [0.29, 0.717) is 15.9 Å². The summed E-state index contributed by atoms with van der Waals surface area (Å²) >= 11 is 73.9. The van der Waals surface area contributed by atoms with E-state index in [1.54, 1.807) is 13.8 Å². The first kappa shape index (κ1) is 53.4. The maximum absolute atomic E-state index is 10.8. The van der Waals surface area contributed by atoms with Gasteiger partial charge < -0.3 is 0 Å². The summed E-state index contributed by atoms with van der Waals surface area (Å²) in [5.41, 5.74) is 0. The molecule has 0 heterocycles. The molecule has 0 bridgehead atoms. The highest BCUT2D eigenvalue weighted by Crippen LogP contribution is 2.34. The minimum Gasteiger partial charge on any atom is -0.269 e. The summed E-state index contributed by atoms with van der Waals surface area (Å²) in [7, 11) is 0. The first-order valence-corrected chi connectivity index (χ1v) is 14.1. The van der Waals surface area contributed by atoms with Crippen LogP contribution in [0.4, 0.5) is 9.09 Å². The molecule has 0 rings (SSSR count). The molecular formula is C18H28Cl14F2. The second-order valence-electron chi connectivity index (χ2n) is 5.32. The Morgan fingerprint density at radius 3 is 0.971 bits per heavy atom. The predicted octanol–water partition coefficient (Wildman–Crippen LogP) is 13.4. The van der Waals surface area contributed by atoms with Gasteiger partial charge in [0.2, 0.25) is 3.79 Å². The fourth-order valence-corrected chi connectivity index (χ4v) is 1.31. The first-order valence-electron chi connectivity index (χ1n) is 8.07. The molecule has 0 aliphatic carbocycles. The third-order valence-corrected chi connectivity index (χ3v) is 6.64. The maximum atomic E-state index is 10.8. The number of alkyl halides is 12. The lowest BCUT2D eigenvalue weighted by molar-refractivity contribution is 0.645. The molecule has 0 spiro atoms. The quantitative estimate of drug-likeness (QED) is 0.249. The molecule has 0 fully saturated rings. The number of halogens is 16. The molecule has 0 aliphatic rings.